The molecule has 0 spiro atoms. The molecule has 0 saturated heterocycles. The highest BCUT2D eigenvalue weighted by Crippen LogP contribution is 2.13. The number of nitrogens with zero attached hydrogens (tertiary/aromatic N) is 2. The maximum absolute atomic E-state index is 12.5. The third-order valence-electron chi connectivity index (χ3n) is 4.27. The first kappa shape index (κ1) is 19.4. The van der Waals surface area contributed by atoms with Crippen LogP contribution >= 0.6 is 0 Å². The zero-order valence-corrected chi connectivity index (χ0v) is 16.3. The molecule has 2 aromatic carbocycles. The molecule has 6 nitrogen and oxygen atoms in total. The number of rotatable bonds is 7. The number of ether oxygens (including phenoxy) is 1. The summed E-state index contributed by atoms with van der Waals surface area (Å²) in [5.74, 6) is 1.01. The fraction of sp³-hybridized carbons (Fsp3) is 0.227. The van der Waals surface area contributed by atoms with Crippen molar-refractivity contribution in [2.45, 2.75) is 26.9 Å². The average Bonchev–Trinajstić information content (AvgIpc) is 2.71. The fourth-order valence-corrected chi connectivity index (χ4v) is 2.67. The van der Waals surface area contributed by atoms with Gasteiger partial charge in [-0.15, -0.1) is 0 Å². The summed E-state index contributed by atoms with van der Waals surface area (Å²) in [6.07, 6.45) is 0. The second kappa shape index (κ2) is 8.99. The summed E-state index contributed by atoms with van der Waals surface area (Å²) in [5.41, 5.74) is 4.37. The maximum Gasteiger partial charge on any atom is 0.270 e. The van der Waals surface area contributed by atoms with Gasteiger partial charge in [-0.2, -0.15) is 0 Å². The quantitative estimate of drug-likeness (QED) is 0.658. The lowest BCUT2D eigenvalue weighted by Crippen LogP contribution is -2.24. The van der Waals surface area contributed by atoms with E-state index in [-0.39, 0.29) is 5.91 Å². The van der Waals surface area contributed by atoms with Gasteiger partial charge in [0.15, 0.2) is 0 Å². The number of methoxy groups -OCH3 is 1. The summed E-state index contributed by atoms with van der Waals surface area (Å²) < 4.78 is 5.16. The van der Waals surface area contributed by atoms with E-state index in [4.69, 9.17) is 4.74 Å². The Bertz CT molecular complexity index is 938. The van der Waals surface area contributed by atoms with Crippen molar-refractivity contribution in [3.05, 3.63) is 82.7 Å². The highest BCUT2D eigenvalue weighted by atomic mass is 16.5. The summed E-state index contributed by atoms with van der Waals surface area (Å²) in [5, 5.41) is 6.08. The van der Waals surface area contributed by atoms with E-state index in [0.29, 0.717) is 24.7 Å². The van der Waals surface area contributed by atoms with Gasteiger partial charge in [0.25, 0.3) is 5.91 Å². The second-order valence-corrected chi connectivity index (χ2v) is 6.59. The normalized spacial score (nSPS) is 10.4. The van der Waals surface area contributed by atoms with Crippen LogP contribution < -0.4 is 15.4 Å². The molecule has 0 aliphatic carbocycles. The van der Waals surface area contributed by atoms with Crippen LogP contribution in [0.2, 0.25) is 0 Å². The highest BCUT2D eigenvalue weighted by Gasteiger charge is 2.10. The van der Waals surface area contributed by atoms with Crippen LogP contribution in [-0.4, -0.2) is 23.0 Å². The minimum atomic E-state index is -0.224. The maximum atomic E-state index is 12.5. The van der Waals surface area contributed by atoms with Gasteiger partial charge in [-0.3, -0.25) is 4.79 Å². The number of nitrogens with one attached hydrogen (secondary N) is 2. The molecule has 0 saturated carbocycles. The van der Waals surface area contributed by atoms with Gasteiger partial charge in [0, 0.05) is 18.8 Å². The van der Waals surface area contributed by atoms with E-state index in [1.807, 2.05) is 62.4 Å². The van der Waals surface area contributed by atoms with E-state index in [1.165, 1.54) is 5.56 Å². The Balaban J connectivity index is 1.62. The molecular weight excluding hydrogens is 352 g/mol. The first-order valence-corrected chi connectivity index (χ1v) is 9.10. The molecule has 28 heavy (non-hydrogen) atoms. The third kappa shape index (κ3) is 5.30. The molecule has 0 atom stereocenters. The molecule has 2 N–H and O–H groups in total. The predicted octanol–water partition coefficient (Wildman–Crippen LogP) is 3.64. The number of aromatic nitrogens is 2. The van der Waals surface area contributed by atoms with E-state index in [2.05, 4.69) is 20.6 Å². The molecule has 0 fully saturated rings. The Labute approximate surface area is 165 Å². The van der Waals surface area contributed by atoms with E-state index >= 15 is 0 Å². The van der Waals surface area contributed by atoms with Gasteiger partial charge in [0.1, 0.15) is 11.4 Å². The van der Waals surface area contributed by atoms with Crippen molar-refractivity contribution < 1.29 is 9.53 Å². The smallest absolute Gasteiger partial charge is 0.270 e. The molecule has 1 aromatic heterocycles. The Morgan fingerprint density at radius 3 is 2.25 bits per heavy atom. The van der Waals surface area contributed by atoms with E-state index < -0.39 is 0 Å². The molecule has 0 radical (unpaired) electrons. The van der Waals surface area contributed by atoms with Crippen LogP contribution in [0.3, 0.4) is 0 Å². The molecule has 3 aromatic rings. The highest BCUT2D eigenvalue weighted by molar-refractivity contribution is 5.92. The van der Waals surface area contributed by atoms with E-state index in [1.54, 1.807) is 13.2 Å². The zero-order valence-electron chi connectivity index (χ0n) is 16.3. The van der Waals surface area contributed by atoms with Gasteiger partial charge in [0.05, 0.1) is 7.11 Å². The number of hydrogen-bond acceptors (Lipinski definition) is 5. The summed E-state index contributed by atoms with van der Waals surface area (Å²) >= 11 is 0. The number of aryl methyl sites for hydroxylation is 2. The topological polar surface area (TPSA) is 76.1 Å². The summed E-state index contributed by atoms with van der Waals surface area (Å²) in [7, 11) is 1.64. The van der Waals surface area contributed by atoms with Crippen LogP contribution in [0.25, 0.3) is 0 Å². The van der Waals surface area contributed by atoms with Gasteiger partial charge in [-0.25, -0.2) is 9.97 Å². The predicted molar refractivity (Wildman–Crippen MR) is 109 cm³/mol. The largest absolute Gasteiger partial charge is 0.497 e. The van der Waals surface area contributed by atoms with Crippen LogP contribution in [-0.2, 0) is 13.1 Å². The Morgan fingerprint density at radius 1 is 0.929 bits per heavy atom. The monoisotopic (exact) mass is 376 g/mol. The van der Waals surface area contributed by atoms with Crippen molar-refractivity contribution in [3.63, 3.8) is 0 Å². The standard InChI is InChI=1S/C22H24N4O2/c1-15-4-6-17(7-5-15)13-23-21(27)20-12-16(2)25-22(26-20)24-14-18-8-10-19(28-3)11-9-18/h4-12H,13-14H2,1-3H3,(H,23,27)(H,24,25,26). The SMILES string of the molecule is COc1ccc(CNc2nc(C)cc(C(=O)NCc3ccc(C)cc3)n2)cc1. The lowest BCUT2D eigenvalue weighted by Gasteiger charge is -2.09. The molecular formula is C22H24N4O2. The number of carbonyl (C=O) groups is 1. The van der Waals surface area contributed by atoms with Crippen molar-refractivity contribution in [1.29, 1.82) is 0 Å². The number of benzene rings is 2. The van der Waals surface area contributed by atoms with Crippen LogP contribution in [0.1, 0.15) is 32.9 Å². The number of anilines is 1. The fourth-order valence-electron chi connectivity index (χ4n) is 2.67. The van der Waals surface area contributed by atoms with Crippen molar-refractivity contribution in [2.75, 3.05) is 12.4 Å². The third-order valence-corrected chi connectivity index (χ3v) is 4.27. The average molecular weight is 376 g/mol. The summed E-state index contributed by atoms with van der Waals surface area (Å²) in [6, 6.07) is 17.5. The van der Waals surface area contributed by atoms with Crippen LogP contribution in [0.5, 0.6) is 5.75 Å². The lowest BCUT2D eigenvalue weighted by molar-refractivity contribution is 0.0945. The summed E-state index contributed by atoms with van der Waals surface area (Å²) in [6.45, 7) is 4.89. The molecule has 6 heteroatoms. The molecule has 144 valence electrons. The van der Waals surface area contributed by atoms with Crippen molar-refractivity contribution in [2.24, 2.45) is 0 Å². The molecule has 0 unspecified atom stereocenters. The second-order valence-electron chi connectivity index (χ2n) is 6.59. The van der Waals surface area contributed by atoms with E-state index in [9.17, 15) is 4.79 Å². The Morgan fingerprint density at radius 2 is 1.57 bits per heavy atom. The Hall–Kier alpha value is -3.41. The number of carbonyl (C=O) groups excluding carboxylic acids is 1. The number of hydrogen-bond donors (Lipinski definition) is 2. The van der Waals surface area contributed by atoms with Gasteiger partial charge in [-0.05, 0) is 43.2 Å². The van der Waals surface area contributed by atoms with Gasteiger partial charge in [-0.1, -0.05) is 42.0 Å². The van der Waals surface area contributed by atoms with Crippen molar-refractivity contribution >= 4 is 11.9 Å². The minimum Gasteiger partial charge on any atom is -0.497 e. The number of amides is 1. The first-order valence-electron chi connectivity index (χ1n) is 9.10. The molecule has 1 amide bonds. The first-order chi connectivity index (χ1) is 13.5. The molecule has 0 bridgehead atoms. The molecule has 0 aliphatic rings. The van der Waals surface area contributed by atoms with Gasteiger partial charge >= 0.3 is 0 Å². The van der Waals surface area contributed by atoms with Crippen LogP contribution in [0.4, 0.5) is 5.95 Å². The Kier molecular flexibility index (Phi) is 6.22. The van der Waals surface area contributed by atoms with Gasteiger partial charge < -0.3 is 15.4 Å². The van der Waals surface area contributed by atoms with E-state index in [0.717, 1.165) is 22.6 Å². The molecule has 0 aliphatic heterocycles. The lowest BCUT2D eigenvalue weighted by atomic mass is 10.1. The zero-order chi connectivity index (χ0) is 19.9. The van der Waals surface area contributed by atoms with Crippen LogP contribution in [0, 0.1) is 13.8 Å². The minimum absolute atomic E-state index is 0.224. The van der Waals surface area contributed by atoms with Crippen molar-refractivity contribution in [1.82, 2.24) is 15.3 Å². The summed E-state index contributed by atoms with van der Waals surface area (Å²) in [4.78, 5) is 21.2. The molecule has 1 heterocycles. The van der Waals surface area contributed by atoms with Crippen molar-refractivity contribution in [3.8, 4) is 5.75 Å². The van der Waals surface area contributed by atoms with Crippen LogP contribution in [0.15, 0.2) is 54.6 Å². The molecule has 3 rings (SSSR count). The van der Waals surface area contributed by atoms with Gasteiger partial charge in [0.2, 0.25) is 5.95 Å².